The first-order valence-electron chi connectivity index (χ1n) is 7.28. The van der Waals surface area contributed by atoms with E-state index >= 15 is 0 Å². The molecule has 1 fully saturated rings. The van der Waals surface area contributed by atoms with Crippen molar-refractivity contribution in [2.75, 3.05) is 18.0 Å². The van der Waals surface area contributed by atoms with E-state index in [1.165, 1.54) is 6.07 Å². The Kier molecular flexibility index (Phi) is 4.60. The Labute approximate surface area is 126 Å². The molecule has 2 nitrogen and oxygen atoms in total. The van der Waals surface area contributed by atoms with E-state index in [-0.39, 0.29) is 11.2 Å². The molecule has 0 spiro atoms. The molecular weight excluding hydrogens is 275 g/mol. The van der Waals surface area contributed by atoms with Crippen LogP contribution in [-0.4, -0.2) is 25.2 Å². The van der Waals surface area contributed by atoms with E-state index in [2.05, 4.69) is 37.9 Å². The number of nitrogens with zero attached hydrogens (tertiary/aromatic N) is 1. The largest absolute Gasteiger partial charge is 0.363 e. The van der Waals surface area contributed by atoms with Crippen LogP contribution < -0.4 is 10.2 Å². The number of halogens is 2. The van der Waals surface area contributed by atoms with Crippen LogP contribution in [0.1, 0.15) is 34.1 Å². The molecule has 1 aromatic carbocycles. The van der Waals surface area contributed by atoms with Crippen LogP contribution in [-0.2, 0) is 0 Å². The van der Waals surface area contributed by atoms with Crippen molar-refractivity contribution < 1.29 is 4.39 Å². The highest BCUT2D eigenvalue weighted by atomic mass is 35.5. The van der Waals surface area contributed by atoms with E-state index < -0.39 is 0 Å². The highest BCUT2D eigenvalue weighted by Crippen LogP contribution is 2.31. The fourth-order valence-electron chi connectivity index (χ4n) is 2.74. The first-order valence-corrected chi connectivity index (χ1v) is 7.65. The number of piperazine rings is 1. The van der Waals surface area contributed by atoms with Crippen LogP contribution >= 0.6 is 11.6 Å². The molecule has 1 aromatic rings. The van der Waals surface area contributed by atoms with Crippen LogP contribution in [0.4, 0.5) is 10.1 Å². The number of rotatable bonds is 2. The molecule has 1 aliphatic heterocycles. The molecule has 4 heteroatoms. The van der Waals surface area contributed by atoms with Gasteiger partial charge in [-0.1, -0.05) is 39.3 Å². The van der Waals surface area contributed by atoms with Gasteiger partial charge in [0.2, 0.25) is 0 Å². The maximum absolute atomic E-state index is 14.2. The van der Waals surface area contributed by atoms with E-state index in [9.17, 15) is 4.39 Å². The van der Waals surface area contributed by atoms with Crippen molar-refractivity contribution in [1.82, 2.24) is 5.32 Å². The van der Waals surface area contributed by atoms with Gasteiger partial charge in [-0.15, -0.1) is 0 Å². The molecule has 1 heterocycles. The molecule has 2 unspecified atom stereocenters. The van der Waals surface area contributed by atoms with Crippen molar-refractivity contribution >= 4 is 17.3 Å². The molecule has 20 heavy (non-hydrogen) atoms. The Balaban J connectivity index is 2.32. The zero-order valence-corrected chi connectivity index (χ0v) is 13.5. The second kappa shape index (κ2) is 5.90. The van der Waals surface area contributed by atoms with Gasteiger partial charge >= 0.3 is 0 Å². The van der Waals surface area contributed by atoms with E-state index in [0.717, 1.165) is 19.5 Å². The summed E-state index contributed by atoms with van der Waals surface area (Å²) in [5.41, 5.74) is 0.770. The lowest BCUT2D eigenvalue weighted by Gasteiger charge is -2.46. The molecule has 2 atom stereocenters. The molecule has 1 aliphatic rings. The van der Waals surface area contributed by atoms with Crippen molar-refractivity contribution in [2.45, 2.75) is 46.2 Å². The number of nitrogens with one attached hydrogen (secondary N) is 1. The SMILES string of the molecule is CCC1CNC(C(C)(C)C)CN1c1cc(Cl)ccc1F. The number of anilines is 1. The van der Waals surface area contributed by atoms with Gasteiger partial charge in [-0.05, 0) is 30.0 Å². The number of hydrogen-bond donors (Lipinski definition) is 1. The first kappa shape index (κ1) is 15.6. The molecule has 0 bridgehead atoms. The van der Waals surface area contributed by atoms with Gasteiger partial charge in [0.1, 0.15) is 5.82 Å². The smallest absolute Gasteiger partial charge is 0.146 e. The standard InChI is InChI=1S/C16H24ClFN2/c1-5-12-9-19-15(16(2,3)4)10-20(12)14-8-11(17)6-7-13(14)18/h6-8,12,15,19H,5,9-10H2,1-4H3. The van der Waals surface area contributed by atoms with Crippen molar-refractivity contribution in [1.29, 1.82) is 0 Å². The van der Waals surface area contributed by atoms with Gasteiger partial charge < -0.3 is 10.2 Å². The molecule has 2 rings (SSSR count). The fraction of sp³-hybridized carbons (Fsp3) is 0.625. The zero-order valence-electron chi connectivity index (χ0n) is 12.7. The van der Waals surface area contributed by atoms with E-state index in [1.807, 2.05) is 0 Å². The van der Waals surface area contributed by atoms with Gasteiger partial charge in [-0.2, -0.15) is 0 Å². The summed E-state index contributed by atoms with van der Waals surface area (Å²) < 4.78 is 14.2. The third kappa shape index (κ3) is 3.26. The van der Waals surface area contributed by atoms with E-state index in [0.29, 0.717) is 22.8 Å². The normalized spacial score (nSPS) is 24.0. The molecule has 0 saturated carbocycles. The van der Waals surface area contributed by atoms with Gasteiger partial charge in [-0.3, -0.25) is 0 Å². The first-order chi connectivity index (χ1) is 9.32. The van der Waals surface area contributed by atoms with Crippen molar-refractivity contribution in [3.63, 3.8) is 0 Å². The summed E-state index contributed by atoms with van der Waals surface area (Å²) in [4.78, 5) is 2.17. The fourth-order valence-corrected chi connectivity index (χ4v) is 2.91. The predicted molar refractivity (Wildman–Crippen MR) is 84.1 cm³/mol. The Bertz CT molecular complexity index is 470. The van der Waals surface area contributed by atoms with Crippen LogP contribution in [0.15, 0.2) is 18.2 Å². The molecule has 0 radical (unpaired) electrons. The van der Waals surface area contributed by atoms with Crippen molar-refractivity contribution in [2.24, 2.45) is 5.41 Å². The average molecular weight is 299 g/mol. The summed E-state index contributed by atoms with van der Waals surface area (Å²) in [6.45, 7) is 10.5. The predicted octanol–water partition coefficient (Wildman–Crippen LogP) is 4.08. The third-order valence-electron chi connectivity index (χ3n) is 4.15. The summed E-state index contributed by atoms with van der Waals surface area (Å²) in [5, 5.41) is 4.18. The lowest BCUT2D eigenvalue weighted by molar-refractivity contribution is 0.233. The maximum Gasteiger partial charge on any atom is 0.146 e. The summed E-state index contributed by atoms with van der Waals surface area (Å²) in [6.07, 6.45) is 0.982. The maximum atomic E-state index is 14.2. The van der Waals surface area contributed by atoms with Gasteiger partial charge in [0.05, 0.1) is 5.69 Å². The molecular formula is C16H24ClFN2. The van der Waals surface area contributed by atoms with E-state index in [1.54, 1.807) is 12.1 Å². The Morgan fingerprint density at radius 3 is 2.70 bits per heavy atom. The summed E-state index contributed by atoms with van der Waals surface area (Å²) >= 11 is 6.04. The number of hydrogen-bond acceptors (Lipinski definition) is 2. The summed E-state index contributed by atoms with van der Waals surface area (Å²) in [6, 6.07) is 5.44. The van der Waals surface area contributed by atoms with E-state index in [4.69, 9.17) is 11.6 Å². The van der Waals surface area contributed by atoms with Gasteiger partial charge in [0.25, 0.3) is 0 Å². The topological polar surface area (TPSA) is 15.3 Å². The summed E-state index contributed by atoms with van der Waals surface area (Å²) in [7, 11) is 0. The van der Waals surface area contributed by atoms with Crippen LogP contribution in [0.2, 0.25) is 5.02 Å². The van der Waals surface area contributed by atoms with Gasteiger partial charge in [0.15, 0.2) is 0 Å². The Hall–Kier alpha value is -0.800. The minimum absolute atomic E-state index is 0.145. The molecule has 1 saturated heterocycles. The Morgan fingerprint density at radius 1 is 1.40 bits per heavy atom. The minimum Gasteiger partial charge on any atom is -0.363 e. The monoisotopic (exact) mass is 298 g/mol. The lowest BCUT2D eigenvalue weighted by atomic mass is 9.84. The second-order valence-corrected chi connectivity index (χ2v) is 7.07. The average Bonchev–Trinajstić information content (AvgIpc) is 2.40. The minimum atomic E-state index is -0.192. The quantitative estimate of drug-likeness (QED) is 0.885. The summed E-state index contributed by atoms with van der Waals surface area (Å²) in [5.74, 6) is -0.192. The second-order valence-electron chi connectivity index (χ2n) is 6.64. The highest BCUT2D eigenvalue weighted by Gasteiger charge is 2.34. The van der Waals surface area contributed by atoms with Crippen LogP contribution in [0.25, 0.3) is 0 Å². The molecule has 0 amide bonds. The zero-order chi connectivity index (χ0) is 14.9. The molecule has 112 valence electrons. The van der Waals surface area contributed by atoms with Crippen molar-refractivity contribution in [3.8, 4) is 0 Å². The van der Waals surface area contributed by atoms with Crippen LogP contribution in [0.3, 0.4) is 0 Å². The van der Waals surface area contributed by atoms with Crippen LogP contribution in [0.5, 0.6) is 0 Å². The Morgan fingerprint density at radius 2 is 2.10 bits per heavy atom. The van der Waals surface area contributed by atoms with Gasteiger partial charge in [0, 0.05) is 30.2 Å². The van der Waals surface area contributed by atoms with Gasteiger partial charge in [-0.25, -0.2) is 4.39 Å². The molecule has 0 aliphatic carbocycles. The highest BCUT2D eigenvalue weighted by molar-refractivity contribution is 6.30. The third-order valence-corrected chi connectivity index (χ3v) is 4.39. The lowest BCUT2D eigenvalue weighted by Crippen LogP contribution is -2.60. The van der Waals surface area contributed by atoms with Crippen LogP contribution in [0, 0.1) is 11.2 Å². The molecule has 1 N–H and O–H groups in total. The number of benzene rings is 1. The molecule has 0 aromatic heterocycles. The van der Waals surface area contributed by atoms with Crippen molar-refractivity contribution in [3.05, 3.63) is 29.0 Å².